The second-order valence-electron chi connectivity index (χ2n) is 4.76. The molecule has 0 bridgehead atoms. The van der Waals surface area contributed by atoms with Gasteiger partial charge in [0, 0.05) is 20.6 Å². The number of nitroso groups, excluding NO2 is 1. The van der Waals surface area contributed by atoms with E-state index in [9.17, 15) is 18.9 Å². The Morgan fingerprint density at radius 2 is 2.24 bits per heavy atom. The second-order valence-corrected chi connectivity index (χ2v) is 5.68. The van der Waals surface area contributed by atoms with E-state index in [4.69, 9.17) is 4.74 Å². The first-order chi connectivity index (χ1) is 9.93. The summed E-state index contributed by atoms with van der Waals surface area (Å²) in [5.41, 5.74) is 0.266. The molecule has 0 saturated carbocycles. The minimum atomic E-state index is -1.08. The maximum absolute atomic E-state index is 13.8. The number of hydrogen-bond acceptors (Lipinski definition) is 4. The SMILES string of the molecule is CCOC(=O)C1C[N+](=O)C(Cc2ccc(Br)cc2F)C1=O. The average Bonchev–Trinajstić information content (AvgIpc) is 2.70. The van der Waals surface area contributed by atoms with E-state index in [-0.39, 0.29) is 25.1 Å². The van der Waals surface area contributed by atoms with Crippen LogP contribution in [-0.4, -0.2) is 35.7 Å². The van der Waals surface area contributed by atoms with Gasteiger partial charge in [0.1, 0.15) is 5.82 Å². The Bertz CT molecular complexity index is 605. The Labute approximate surface area is 129 Å². The van der Waals surface area contributed by atoms with Crippen LogP contribution in [0.2, 0.25) is 0 Å². The van der Waals surface area contributed by atoms with Gasteiger partial charge in [0.25, 0.3) is 6.04 Å². The number of benzene rings is 1. The van der Waals surface area contributed by atoms with Crippen LogP contribution in [-0.2, 0) is 20.7 Å². The number of nitrogens with zero attached hydrogens (tertiary/aromatic N) is 1. The molecule has 0 radical (unpaired) electrons. The molecule has 1 aromatic rings. The molecule has 21 heavy (non-hydrogen) atoms. The van der Waals surface area contributed by atoms with Crippen LogP contribution in [0.15, 0.2) is 22.7 Å². The van der Waals surface area contributed by atoms with Crippen molar-refractivity contribution in [3.63, 3.8) is 0 Å². The summed E-state index contributed by atoms with van der Waals surface area (Å²) >= 11 is 3.14. The Morgan fingerprint density at radius 1 is 1.52 bits per heavy atom. The lowest BCUT2D eigenvalue weighted by Crippen LogP contribution is -2.30. The summed E-state index contributed by atoms with van der Waals surface area (Å²) < 4.78 is 19.7. The fraction of sp³-hybridized carbons (Fsp3) is 0.429. The molecule has 2 unspecified atom stereocenters. The zero-order valence-electron chi connectivity index (χ0n) is 11.3. The van der Waals surface area contributed by atoms with E-state index in [0.29, 0.717) is 9.23 Å². The third-order valence-electron chi connectivity index (χ3n) is 3.38. The molecular formula is C14H14BrFNO4+. The first-order valence-corrected chi connectivity index (χ1v) is 7.31. The summed E-state index contributed by atoms with van der Waals surface area (Å²) in [6.07, 6.45) is -0.0582. The van der Waals surface area contributed by atoms with E-state index in [1.165, 1.54) is 12.1 Å². The molecule has 7 heteroatoms. The smallest absolute Gasteiger partial charge is 0.323 e. The number of ketones is 1. The number of Topliss-reactive ketones (excluding diaryl/α,β-unsaturated/α-hetero) is 1. The van der Waals surface area contributed by atoms with Crippen molar-refractivity contribution in [1.29, 1.82) is 0 Å². The van der Waals surface area contributed by atoms with E-state index in [2.05, 4.69) is 15.9 Å². The molecule has 1 heterocycles. The van der Waals surface area contributed by atoms with E-state index < -0.39 is 29.5 Å². The quantitative estimate of drug-likeness (QED) is 0.469. The van der Waals surface area contributed by atoms with Gasteiger partial charge in [0.2, 0.25) is 12.3 Å². The van der Waals surface area contributed by atoms with E-state index in [0.717, 1.165) is 0 Å². The predicted molar refractivity (Wildman–Crippen MR) is 75.2 cm³/mol. The Hall–Kier alpha value is -1.63. The standard InChI is InChI=1S/C14H14BrFNO4/c1-2-21-14(19)10-7-17(20)12(13(10)18)5-8-3-4-9(15)6-11(8)16/h3-4,6,10,12H,2,5,7H2,1H3/q+1. The predicted octanol–water partition coefficient (Wildman–Crippen LogP) is 2.04. The van der Waals surface area contributed by atoms with Crippen molar-refractivity contribution in [1.82, 2.24) is 0 Å². The van der Waals surface area contributed by atoms with Gasteiger partial charge >= 0.3 is 5.97 Å². The molecule has 0 spiro atoms. The van der Waals surface area contributed by atoms with Crippen molar-refractivity contribution in [3.05, 3.63) is 39.0 Å². The van der Waals surface area contributed by atoms with Crippen molar-refractivity contribution in [2.24, 2.45) is 5.92 Å². The second kappa shape index (κ2) is 6.43. The molecule has 0 N–H and O–H groups in total. The summed E-state index contributed by atoms with van der Waals surface area (Å²) in [6.45, 7) is 1.54. The molecule has 5 nitrogen and oxygen atoms in total. The molecule has 1 aromatic carbocycles. The van der Waals surface area contributed by atoms with Gasteiger partial charge in [-0.25, -0.2) is 4.39 Å². The number of carbonyl (C=O) groups excluding carboxylic acids is 2. The number of rotatable bonds is 4. The number of hydrogen-bond donors (Lipinski definition) is 0. The first-order valence-electron chi connectivity index (χ1n) is 6.52. The number of esters is 1. The largest absolute Gasteiger partial charge is 0.465 e. The third kappa shape index (κ3) is 3.34. The lowest BCUT2D eigenvalue weighted by atomic mass is 9.98. The lowest BCUT2D eigenvalue weighted by Gasteiger charge is -2.05. The molecule has 2 rings (SSSR count). The summed E-state index contributed by atoms with van der Waals surface area (Å²) in [5, 5.41) is 0. The summed E-state index contributed by atoms with van der Waals surface area (Å²) in [7, 11) is 0. The van der Waals surface area contributed by atoms with Gasteiger partial charge in [0.05, 0.1) is 6.61 Å². The van der Waals surface area contributed by atoms with Gasteiger partial charge in [-0.15, -0.1) is 0 Å². The zero-order chi connectivity index (χ0) is 15.6. The summed E-state index contributed by atoms with van der Waals surface area (Å²) in [6, 6.07) is 3.37. The molecule has 2 atom stereocenters. The van der Waals surface area contributed by atoms with Crippen LogP contribution < -0.4 is 0 Å². The average molecular weight is 359 g/mol. The van der Waals surface area contributed by atoms with Crippen LogP contribution in [0.4, 0.5) is 4.39 Å². The van der Waals surface area contributed by atoms with Crippen LogP contribution in [0.25, 0.3) is 0 Å². The lowest BCUT2D eigenvalue weighted by molar-refractivity contribution is -0.559. The molecule has 1 saturated heterocycles. The zero-order valence-corrected chi connectivity index (χ0v) is 12.9. The van der Waals surface area contributed by atoms with Gasteiger partial charge in [-0.1, -0.05) is 22.0 Å². The van der Waals surface area contributed by atoms with Crippen LogP contribution in [0.1, 0.15) is 12.5 Å². The fourth-order valence-corrected chi connectivity index (χ4v) is 2.64. The van der Waals surface area contributed by atoms with Crippen LogP contribution in [0.5, 0.6) is 0 Å². The summed E-state index contributed by atoms with van der Waals surface area (Å²) in [4.78, 5) is 35.6. The Balaban J connectivity index is 2.15. The van der Waals surface area contributed by atoms with Gasteiger partial charge in [-0.2, -0.15) is 0 Å². The third-order valence-corrected chi connectivity index (χ3v) is 3.87. The topological polar surface area (TPSA) is 63.5 Å². The number of carbonyl (C=O) groups is 2. The van der Waals surface area contributed by atoms with Gasteiger partial charge in [0.15, 0.2) is 5.92 Å². The molecule has 0 aromatic heterocycles. The van der Waals surface area contributed by atoms with E-state index in [1.807, 2.05) is 0 Å². The van der Waals surface area contributed by atoms with Crippen molar-refractivity contribution in [3.8, 4) is 0 Å². The number of ether oxygens (including phenoxy) is 1. The molecule has 1 fully saturated rings. The molecule has 1 aliphatic rings. The van der Waals surface area contributed by atoms with Crippen LogP contribution in [0, 0.1) is 16.6 Å². The minimum absolute atomic E-state index is 0.0582. The minimum Gasteiger partial charge on any atom is -0.465 e. The highest BCUT2D eigenvalue weighted by Crippen LogP contribution is 2.23. The molecule has 1 aliphatic heterocycles. The molecular weight excluding hydrogens is 345 g/mol. The summed E-state index contributed by atoms with van der Waals surface area (Å²) in [5.74, 6) is -2.77. The number of halogens is 2. The van der Waals surface area contributed by atoms with Crippen LogP contribution >= 0.6 is 15.9 Å². The van der Waals surface area contributed by atoms with Crippen molar-refractivity contribution < 1.29 is 23.5 Å². The first kappa shape index (κ1) is 15.8. The normalized spacial score (nSPS) is 21.7. The molecule has 0 aliphatic carbocycles. The maximum Gasteiger partial charge on any atom is 0.323 e. The Kier molecular flexibility index (Phi) is 4.82. The van der Waals surface area contributed by atoms with Crippen molar-refractivity contribution >= 4 is 27.7 Å². The highest BCUT2D eigenvalue weighted by molar-refractivity contribution is 9.10. The van der Waals surface area contributed by atoms with Crippen molar-refractivity contribution in [2.75, 3.05) is 13.2 Å². The highest BCUT2D eigenvalue weighted by Gasteiger charge is 2.52. The van der Waals surface area contributed by atoms with Gasteiger partial charge in [-0.05, 0) is 24.6 Å². The van der Waals surface area contributed by atoms with E-state index >= 15 is 0 Å². The monoisotopic (exact) mass is 358 g/mol. The van der Waals surface area contributed by atoms with E-state index in [1.54, 1.807) is 13.0 Å². The van der Waals surface area contributed by atoms with Crippen molar-refractivity contribution in [2.45, 2.75) is 19.4 Å². The molecule has 0 amide bonds. The maximum atomic E-state index is 13.8. The van der Waals surface area contributed by atoms with Gasteiger partial charge in [-0.3, -0.25) is 9.59 Å². The molecule has 112 valence electrons. The Morgan fingerprint density at radius 3 is 2.86 bits per heavy atom. The van der Waals surface area contributed by atoms with Gasteiger partial charge < -0.3 is 4.74 Å². The highest BCUT2D eigenvalue weighted by atomic mass is 79.9. The fourth-order valence-electron chi connectivity index (χ4n) is 2.30. The van der Waals surface area contributed by atoms with Crippen LogP contribution in [0.3, 0.4) is 0 Å².